The predicted molar refractivity (Wildman–Crippen MR) is 69.4 cm³/mol. The van der Waals surface area contributed by atoms with Gasteiger partial charge in [0.05, 0.1) is 12.2 Å². The minimum atomic E-state index is -0.465. The van der Waals surface area contributed by atoms with Gasteiger partial charge < -0.3 is 15.8 Å². The third-order valence-electron chi connectivity index (χ3n) is 2.58. The van der Waals surface area contributed by atoms with Gasteiger partial charge in [0, 0.05) is 0 Å². The number of anilines is 1. The zero-order chi connectivity index (χ0) is 13.7. The molecule has 0 bridgehead atoms. The Balaban J connectivity index is 2.96. The van der Waals surface area contributed by atoms with Crippen LogP contribution in [0, 0.1) is 12.8 Å². The molecule has 1 rings (SSSR count). The van der Waals surface area contributed by atoms with Gasteiger partial charge in [0.1, 0.15) is 18.2 Å². The Hall–Kier alpha value is -1.85. The van der Waals surface area contributed by atoms with Crippen molar-refractivity contribution in [2.75, 3.05) is 11.9 Å². The number of carbonyl (C=O) groups excluding carboxylic acids is 1. The van der Waals surface area contributed by atoms with Crippen LogP contribution >= 0.6 is 0 Å². The van der Waals surface area contributed by atoms with Gasteiger partial charge in [-0.25, -0.2) is 9.97 Å². The van der Waals surface area contributed by atoms with Crippen LogP contribution in [0.5, 0.6) is 5.88 Å². The minimum Gasteiger partial charge on any atom is -0.478 e. The van der Waals surface area contributed by atoms with Crippen LogP contribution in [0.1, 0.15) is 26.3 Å². The highest BCUT2D eigenvalue weighted by Crippen LogP contribution is 2.21. The van der Waals surface area contributed by atoms with Gasteiger partial charge in [0.15, 0.2) is 0 Å². The van der Waals surface area contributed by atoms with Crippen LogP contribution in [-0.4, -0.2) is 28.5 Å². The summed E-state index contributed by atoms with van der Waals surface area (Å²) in [6, 6.07) is -0.465. The molecular weight excluding hydrogens is 232 g/mol. The van der Waals surface area contributed by atoms with E-state index in [1.165, 1.54) is 6.33 Å². The fraction of sp³-hybridized carbons (Fsp3) is 0.583. The number of rotatable bonds is 6. The maximum absolute atomic E-state index is 11.4. The summed E-state index contributed by atoms with van der Waals surface area (Å²) in [4.78, 5) is 19.5. The van der Waals surface area contributed by atoms with Crippen molar-refractivity contribution in [3.63, 3.8) is 0 Å². The highest BCUT2D eigenvalue weighted by Gasteiger charge is 2.21. The van der Waals surface area contributed by atoms with Crippen LogP contribution in [0.2, 0.25) is 0 Å². The Labute approximate surface area is 107 Å². The number of carbonyl (C=O) groups is 1. The molecule has 3 N–H and O–H groups in total. The Morgan fingerprint density at radius 2 is 2.17 bits per heavy atom. The van der Waals surface area contributed by atoms with E-state index in [0.29, 0.717) is 18.3 Å². The topological polar surface area (TPSA) is 90.1 Å². The molecule has 0 saturated heterocycles. The van der Waals surface area contributed by atoms with Crippen molar-refractivity contribution in [1.82, 2.24) is 9.97 Å². The number of hydrogen-bond donors (Lipinski definition) is 2. The van der Waals surface area contributed by atoms with Gasteiger partial charge in [-0.1, -0.05) is 13.8 Å². The minimum absolute atomic E-state index is 0.0763. The third kappa shape index (κ3) is 3.32. The first kappa shape index (κ1) is 14.2. The maximum atomic E-state index is 11.4. The van der Waals surface area contributed by atoms with E-state index in [0.717, 1.165) is 5.56 Å². The maximum Gasteiger partial charge on any atom is 0.240 e. The monoisotopic (exact) mass is 252 g/mol. The largest absolute Gasteiger partial charge is 0.478 e. The first-order valence-corrected chi connectivity index (χ1v) is 5.97. The molecule has 6 nitrogen and oxygen atoms in total. The zero-order valence-corrected chi connectivity index (χ0v) is 11.2. The first-order chi connectivity index (χ1) is 8.47. The lowest BCUT2D eigenvalue weighted by atomic mass is 10.0. The van der Waals surface area contributed by atoms with Crippen LogP contribution in [0.25, 0.3) is 0 Å². The Bertz CT molecular complexity index is 421. The second-order valence-corrected chi connectivity index (χ2v) is 4.35. The molecule has 0 aliphatic rings. The van der Waals surface area contributed by atoms with E-state index in [-0.39, 0.29) is 5.92 Å². The lowest BCUT2D eigenvalue weighted by molar-refractivity contribution is -0.119. The van der Waals surface area contributed by atoms with E-state index in [4.69, 9.17) is 10.5 Å². The summed E-state index contributed by atoms with van der Waals surface area (Å²) in [7, 11) is 0. The van der Waals surface area contributed by atoms with Crippen LogP contribution < -0.4 is 15.8 Å². The standard InChI is InChI=1S/C12H20N4O2/c1-5-18-12-8(4)11(14-6-15-12)16-9(7(2)3)10(13)17/h6-7,9H,5H2,1-4H3,(H2,13,17)(H,14,15,16). The molecule has 6 heteroatoms. The smallest absolute Gasteiger partial charge is 0.240 e. The van der Waals surface area contributed by atoms with Gasteiger partial charge in [-0.2, -0.15) is 0 Å². The van der Waals surface area contributed by atoms with Crippen molar-refractivity contribution in [1.29, 1.82) is 0 Å². The van der Waals surface area contributed by atoms with Crippen molar-refractivity contribution in [2.24, 2.45) is 11.7 Å². The normalized spacial score (nSPS) is 12.3. The number of primary amides is 1. The molecule has 0 fully saturated rings. The molecule has 0 aliphatic carbocycles. The van der Waals surface area contributed by atoms with Crippen molar-refractivity contribution >= 4 is 11.7 Å². The molecule has 0 spiro atoms. The van der Waals surface area contributed by atoms with E-state index in [2.05, 4.69) is 15.3 Å². The fourth-order valence-corrected chi connectivity index (χ4v) is 1.58. The molecule has 1 atom stereocenters. The number of aromatic nitrogens is 2. The number of ether oxygens (including phenoxy) is 1. The summed E-state index contributed by atoms with van der Waals surface area (Å²) in [5.41, 5.74) is 6.13. The Morgan fingerprint density at radius 1 is 1.50 bits per heavy atom. The van der Waals surface area contributed by atoms with Gasteiger partial charge in [0.2, 0.25) is 11.8 Å². The molecule has 0 aromatic carbocycles. The van der Waals surface area contributed by atoms with E-state index >= 15 is 0 Å². The summed E-state index contributed by atoms with van der Waals surface area (Å²) in [5, 5.41) is 3.04. The summed E-state index contributed by atoms with van der Waals surface area (Å²) >= 11 is 0. The molecule has 1 heterocycles. The number of nitrogens with one attached hydrogen (secondary N) is 1. The molecule has 18 heavy (non-hydrogen) atoms. The average Bonchev–Trinajstić information content (AvgIpc) is 2.29. The lowest BCUT2D eigenvalue weighted by Gasteiger charge is -2.20. The van der Waals surface area contributed by atoms with Gasteiger partial charge in [-0.05, 0) is 19.8 Å². The van der Waals surface area contributed by atoms with E-state index in [1.54, 1.807) is 0 Å². The van der Waals surface area contributed by atoms with Gasteiger partial charge in [0.25, 0.3) is 0 Å². The third-order valence-corrected chi connectivity index (χ3v) is 2.58. The molecule has 0 radical (unpaired) electrons. The van der Waals surface area contributed by atoms with Crippen LogP contribution in [0.4, 0.5) is 5.82 Å². The Morgan fingerprint density at radius 3 is 2.67 bits per heavy atom. The molecular formula is C12H20N4O2. The molecule has 0 saturated carbocycles. The zero-order valence-electron chi connectivity index (χ0n) is 11.2. The number of amides is 1. The summed E-state index contributed by atoms with van der Waals surface area (Å²) in [5.74, 6) is 0.765. The van der Waals surface area contributed by atoms with Gasteiger partial charge in [-0.3, -0.25) is 4.79 Å². The van der Waals surface area contributed by atoms with E-state index < -0.39 is 11.9 Å². The highest BCUT2D eigenvalue weighted by atomic mass is 16.5. The van der Waals surface area contributed by atoms with Crippen molar-refractivity contribution in [2.45, 2.75) is 33.7 Å². The quantitative estimate of drug-likeness (QED) is 0.791. The first-order valence-electron chi connectivity index (χ1n) is 5.97. The second-order valence-electron chi connectivity index (χ2n) is 4.35. The van der Waals surface area contributed by atoms with Crippen molar-refractivity contribution < 1.29 is 9.53 Å². The van der Waals surface area contributed by atoms with E-state index in [9.17, 15) is 4.79 Å². The van der Waals surface area contributed by atoms with Crippen LogP contribution in [0.3, 0.4) is 0 Å². The lowest BCUT2D eigenvalue weighted by Crippen LogP contribution is -2.40. The van der Waals surface area contributed by atoms with Crippen LogP contribution in [-0.2, 0) is 4.79 Å². The van der Waals surface area contributed by atoms with Crippen LogP contribution in [0.15, 0.2) is 6.33 Å². The molecule has 1 aromatic heterocycles. The van der Waals surface area contributed by atoms with Gasteiger partial charge >= 0.3 is 0 Å². The average molecular weight is 252 g/mol. The van der Waals surface area contributed by atoms with Gasteiger partial charge in [-0.15, -0.1) is 0 Å². The number of nitrogens with zero attached hydrogens (tertiary/aromatic N) is 2. The Kier molecular flexibility index (Phi) is 4.88. The van der Waals surface area contributed by atoms with Crippen molar-refractivity contribution in [3.8, 4) is 5.88 Å². The number of hydrogen-bond acceptors (Lipinski definition) is 5. The second kappa shape index (κ2) is 6.18. The summed E-state index contributed by atoms with van der Waals surface area (Å²) < 4.78 is 5.37. The molecule has 1 amide bonds. The fourth-order valence-electron chi connectivity index (χ4n) is 1.58. The highest BCUT2D eigenvalue weighted by molar-refractivity contribution is 5.83. The summed E-state index contributed by atoms with van der Waals surface area (Å²) in [6.45, 7) is 8.09. The molecule has 1 unspecified atom stereocenters. The molecule has 100 valence electrons. The number of nitrogens with two attached hydrogens (primary N) is 1. The molecule has 0 aliphatic heterocycles. The SMILES string of the molecule is CCOc1ncnc(NC(C(N)=O)C(C)C)c1C. The van der Waals surface area contributed by atoms with E-state index in [1.807, 2.05) is 27.7 Å². The van der Waals surface area contributed by atoms with Crippen molar-refractivity contribution in [3.05, 3.63) is 11.9 Å². The molecule has 1 aromatic rings. The summed E-state index contributed by atoms with van der Waals surface area (Å²) in [6.07, 6.45) is 1.40. The predicted octanol–water partition coefficient (Wildman–Crippen LogP) is 1.11.